The van der Waals surface area contributed by atoms with Gasteiger partial charge in [0.25, 0.3) is 0 Å². The number of aromatic nitrogens is 2. The number of nitrogens with two attached hydrogens (primary N) is 1. The molecule has 1 heterocycles. The zero-order valence-corrected chi connectivity index (χ0v) is 12.8. The highest BCUT2D eigenvalue weighted by atomic mass is 15.1. The van der Waals surface area contributed by atoms with Gasteiger partial charge in [0, 0.05) is 18.8 Å². The first-order valence-corrected chi connectivity index (χ1v) is 8.03. The second-order valence-corrected chi connectivity index (χ2v) is 5.57. The highest BCUT2D eigenvalue weighted by Gasteiger charge is 2.05. The first kappa shape index (κ1) is 16.2. The molecule has 1 aromatic heterocycles. The van der Waals surface area contributed by atoms with Gasteiger partial charge >= 0.3 is 0 Å². The fourth-order valence-corrected chi connectivity index (χ4v) is 2.50. The van der Waals surface area contributed by atoms with Crippen molar-refractivity contribution in [2.45, 2.75) is 84.2 Å². The van der Waals surface area contributed by atoms with Gasteiger partial charge in [0.2, 0.25) is 0 Å². The van der Waals surface area contributed by atoms with Crippen molar-refractivity contribution in [1.82, 2.24) is 9.55 Å². The van der Waals surface area contributed by atoms with Gasteiger partial charge in [0.15, 0.2) is 0 Å². The van der Waals surface area contributed by atoms with Gasteiger partial charge in [-0.1, -0.05) is 58.3 Å². The van der Waals surface area contributed by atoms with Gasteiger partial charge in [-0.2, -0.15) is 0 Å². The van der Waals surface area contributed by atoms with Crippen LogP contribution >= 0.6 is 0 Å². The topological polar surface area (TPSA) is 43.8 Å². The lowest BCUT2D eigenvalue weighted by Gasteiger charge is -2.11. The van der Waals surface area contributed by atoms with Gasteiger partial charge in [0.1, 0.15) is 5.82 Å². The van der Waals surface area contributed by atoms with E-state index in [4.69, 9.17) is 5.73 Å². The van der Waals surface area contributed by atoms with Crippen LogP contribution in [-0.4, -0.2) is 9.55 Å². The molecule has 1 rings (SSSR count). The van der Waals surface area contributed by atoms with Crippen LogP contribution in [0.2, 0.25) is 0 Å². The van der Waals surface area contributed by atoms with Gasteiger partial charge in [0.05, 0.1) is 6.17 Å². The third kappa shape index (κ3) is 6.76. The van der Waals surface area contributed by atoms with Crippen molar-refractivity contribution >= 4 is 0 Å². The molecule has 0 amide bonds. The Morgan fingerprint density at radius 1 is 1.05 bits per heavy atom. The minimum Gasteiger partial charge on any atom is -0.319 e. The lowest BCUT2D eigenvalue weighted by atomic mass is 10.1. The average Bonchev–Trinajstić information content (AvgIpc) is 2.85. The summed E-state index contributed by atoms with van der Waals surface area (Å²) in [7, 11) is 0. The Labute approximate surface area is 118 Å². The predicted molar refractivity (Wildman–Crippen MR) is 82.1 cm³/mol. The van der Waals surface area contributed by atoms with E-state index < -0.39 is 0 Å². The molecule has 3 nitrogen and oxygen atoms in total. The number of aryl methyl sites for hydroxylation is 1. The maximum absolute atomic E-state index is 5.89. The summed E-state index contributed by atoms with van der Waals surface area (Å²) in [4.78, 5) is 4.39. The minimum atomic E-state index is 0.0380. The van der Waals surface area contributed by atoms with Gasteiger partial charge < -0.3 is 10.3 Å². The van der Waals surface area contributed by atoms with Crippen LogP contribution in [0.1, 0.15) is 83.6 Å². The summed E-state index contributed by atoms with van der Waals surface area (Å²) >= 11 is 0. The quantitative estimate of drug-likeness (QED) is 0.601. The molecule has 0 saturated carbocycles. The molecule has 1 aromatic rings. The van der Waals surface area contributed by atoms with Crippen LogP contribution < -0.4 is 5.73 Å². The first-order valence-electron chi connectivity index (χ1n) is 8.03. The average molecular weight is 265 g/mol. The minimum absolute atomic E-state index is 0.0380. The van der Waals surface area contributed by atoms with Crippen molar-refractivity contribution in [3.8, 4) is 0 Å². The first-order chi connectivity index (χ1) is 9.25. The standard InChI is InChI=1S/C16H31N3/c1-3-4-5-6-7-8-9-10-11-12-16-18-13-14-19(16)15(2)17/h13-15H,3-12,17H2,1-2H3. The van der Waals surface area contributed by atoms with E-state index in [1.807, 2.05) is 19.3 Å². The SMILES string of the molecule is CCCCCCCCCCCc1nccn1C(C)N. The maximum Gasteiger partial charge on any atom is 0.109 e. The van der Waals surface area contributed by atoms with Crippen molar-refractivity contribution in [2.24, 2.45) is 5.73 Å². The lowest BCUT2D eigenvalue weighted by Crippen LogP contribution is -2.16. The molecule has 110 valence electrons. The van der Waals surface area contributed by atoms with Crippen LogP contribution in [0.25, 0.3) is 0 Å². The third-order valence-corrected chi connectivity index (χ3v) is 3.69. The van der Waals surface area contributed by atoms with Gasteiger partial charge in [-0.25, -0.2) is 4.98 Å². The Morgan fingerprint density at radius 2 is 1.63 bits per heavy atom. The van der Waals surface area contributed by atoms with Crippen LogP contribution in [0.3, 0.4) is 0 Å². The molecule has 0 spiro atoms. The summed E-state index contributed by atoms with van der Waals surface area (Å²) in [6.07, 6.45) is 17.2. The van der Waals surface area contributed by atoms with Gasteiger partial charge in [-0.05, 0) is 13.3 Å². The van der Waals surface area contributed by atoms with E-state index in [1.165, 1.54) is 57.8 Å². The Bertz CT molecular complexity index is 318. The van der Waals surface area contributed by atoms with Crippen molar-refractivity contribution in [3.63, 3.8) is 0 Å². The highest BCUT2D eigenvalue weighted by Crippen LogP contribution is 2.12. The van der Waals surface area contributed by atoms with E-state index in [2.05, 4.69) is 16.5 Å². The monoisotopic (exact) mass is 265 g/mol. The van der Waals surface area contributed by atoms with E-state index in [0.717, 1.165) is 12.2 Å². The second-order valence-electron chi connectivity index (χ2n) is 5.57. The molecule has 0 aliphatic heterocycles. The van der Waals surface area contributed by atoms with Crippen molar-refractivity contribution in [3.05, 3.63) is 18.2 Å². The highest BCUT2D eigenvalue weighted by molar-refractivity contribution is 4.94. The summed E-state index contributed by atoms with van der Waals surface area (Å²) in [5.41, 5.74) is 5.89. The summed E-state index contributed by atoms with van der Waals surface area (Å²) in [5, 5.41) is 0. The van der Waals surface area contributed by atoms with E-state index in [-0.39, 0.29) is 6.17 Å². The molecular formula is C16H31N3. The number of nitrogens with zero attached hydrogens (tertiary/aromatic N) is 2. The van der Waals surface area contributed by atoms with Crippen LogP contribution in [-0.2, 0) is 6.42 Å². The fraction of sp³-hybridized carbons (Fsp3) is 0.812. The van der Waals surface area contributed by atoms with Crippen LogP contribution in [0.5, 0.6) is 0 Å². The van der Waals surface area contributed by atoms with E-state index in [9.17, 15) is 0 Å². The molecule has 1 unspecified atom stereocenters. The summed E-state index contributed by atoms with van der Waals surface area (Å²) in [6.45, 7) is 4.27. The van der Waals surface area contributed by atoms with E-state index >= 15 is 0 Å². The third-order valence-electron chi connectivity index (χ3n) is 3.69. The molecule has 0 saturated heterocycles. The Kier molecular flexibility index (Phi) is 8.55. The zero-order valence-electron chi connectivity index (χ0n) is 12.8. The second kappa shape index (κ2) is 10.0. The van der Waals surface area contributed by atoms with Crippen LogP contribution in [0.4, 0.5) is 0 Å². The number of rotatable bonds is 11. The van der Waals surface area contributed by atoms with Crippen molar-refractivity contribution in [1.29, 1.82) is 0 Å². The summed E-state index contributed by atoms with van der Waals surface area (Å²) in [5.74, 6) is 1.14. The number of imidazole rings is 1. The largest absolute Gasteiger partial charge is 0.319 e. The van der Waals surface area contributed by atoms with Crippen molar-refractivity contribution < 1.29 is 0 Å². The normalized spacial score (nSPS) is 12.8. The molecule has 0 fully saturated rings. The molecule has 0 bridgehead atoms. The number of unbranched alkanes of at least 4 members (excludes halogenated alkanes) is 8. The molecule has 3 heteroatoms. The predicted octanol–water partition coefficient (Wildman–Crippen LogP) is 4.43. The summed E-state index contributed by atoms with van der Waals surface area (Å²) in [6, 6.07) is 0. The van der Waals surface area contributed by atoms with Crippen LogP contribution in [0.15, 0.2) is 12.4 Å². The fourth-order valence-electron chi connectivity index (χ4n) is 2.50. The van der Waals surface area contributed by atoms with Gasteiger partial charge in [-0.3, -0.25) is 0 Å². The molecule has 2 N–H and O–H groups in total. The smallest absolute Gasteiger partial charge is 0.109 e. The molecular weight excluding hydrogens is 234 g/mol. The molecule has 0 aromatic carbocycles. The molecule has 0 aliphatic carbocycles. The Morgan fingerprint density at radius 3 is 2.21 bits per heavy atom. The number of hydrogen-bond donors (Lipinski definition) is 1. The summed E-state index contributed by atoms with van der Waals surface area (Å²) < 4.78 is 2.07. The van der Waals surface area contributed by atoms with Crippen LogP contribution in [0, 0.1) is 0 Å². The molecule has 1 atom stereocenters. The van der Waals surface area contributed by atoms with E-state index in [1.54, 1.807) is 0 Å². The number of hydrogen-bond acceptors (Lipinski definition) is 2. The lowest BCUT2D eigenvalue weighted by molar-refractivity contribution is 0.523. The molecule has 0 aliphatic rings. The molecule has 19 heavy (non-hydrogen) atoms. The van der Waals surface area contributed by atoms with E-state index in [0.29, 0.717) is 0 Å². The zero-order chi connectivity index (χ0) is 13.9. The van der Waals surface area contributed by atoms with Crippen molar-refractivity contribution in [2.75, 3.05) is 0 Å². The maximum atomic E-state index is 5.89. The molecule has 0 radical (unpaired) electrons. The Hall–Kier alpha value is -0.830. The Balaban J connectivity index is 2.00. The van der Waals surface area contributed by atoms with Gasteiger partial charge in [-0.15, -0.1) is 0 Å².